The van der Waals surface area contributed by atoms with Crippen LogP contribution in [0.2, 0.25) is 0 Å². The Labute approximate surface area is 153 Å². The molecular formula is C22H24O4. The molecule has 4 heteroatoms. The van der Waals surface area contributed by atoms with E-state index in [9.17, 15) is 15.0 Å². The lowest BCUT2D eigenvalue weighted by Crippen LogP contribution is -2.27. The third kappa shape index (κ3) is 3.32. The third-order valence-electron chi connectivity index (χ3n) is 5.38. The van der Waals surface area contributed by atoms with Crippen molar-refractivity contribution in [2.45, 2.75) is 32.6 Å². The SMILES string of the molecule is COc1cc(O)c(C(=O)[C@@H]2CC(C)=C(C)C[C@H]2c2ccccc2)c(O)c1. The van der Waals surface area contributed by atoms with E-state index in [4.69, 9.17) is 4.74 Å². The zero-order valence-corrected chi connectivity index (χ0v) is 15.3. The molecule has 3 rings (SSSR count). The molecule has 0 bridgehead atoms. The normalized spacial score (nSPS) is 20.1. The van der Waals surface area contributed by atoms with Crippen LogP contribution in [-0.2, 0) is 0 Å². The Kier molecular flexibility index (Phi) is 5.03. The van der Waals surface area contributed by atoms with Crippen molar-refractivity contribution in [2.24, 2.45) is 5.92 Å². The van der Waals surface area contributed by atoms with Crippen molar-refractivity contribution in [3.8, 4) is 17.2 Å². The van der Waals surface area contributed by atoms with Crippen LogP contribution < -0.4 is 4.74 Å². The van der Waals surface area contributed by atoms with Gasteiger partial charge in [0.05, 0.1) is 7.11 Å². The van der Waals surface area contributed by atoms with Crippen LogP contribution in [0.4, 0.5) is 0 Å². The molecule has 0 saturated carbocycles. The molecular weight excluding hydrogens is 328 g/mol. The number of ether oxygens (including phenoxy) is 1. The number of Topliss-reactive ketones (excluding diaryl/α,β-unsaturated/α-hetero) is 1. The van der Waals surface area contributed by atoms with E-state index in [0.717, 1.165) is 12.0 Å². The van der Waals surface area contributed by atoms with Gasteiger partial charge in [0.2, 0.25) is 0 Å². The lowest BCUT2D eigenvalue weighted by Gasteiger charge is -2.33. The number of phenolic OH excluding ortho intramolecular Hbond substituents is 2. The maximum absolute atomic E-state index is 13.3. The van der Waals surface area contributed by atoms with E-state index in [1.165, 1.54) is 30.4 Å². The Morgan fingerprint density at radius 3 is 2.15 bits per heavy atom. The summed E-state index contributed by atoms with van der Waals surface area (Å²) in [6.07, 6.45) is 1.42. The van der Waals surface area contributed by atoms with Gasteiger partial charge in [0.25, 0.3) is 0 Å². The lowest BCUT2D eigenvalue weighted by molar-refractivity contribution is 0.0887. The number of aromatic hydroxyl groups is 2. The highest BCUT2D eigenvalue weighted by Crippen LogP contribution is 2.44. The number of carbonyl (C=O) groups excluding carboxylic acids is 1. The van der Waals surface area contributed by atoms with Gasteiger partial charge in [0.15, 0.2) is 5.78 Å². The standard InChI is InChI=1S/C22H24O4/c1-13-9-17(15-7-5-4-6-8-15)18(10-14(13)2)22(25)21-19(23)11-16(26-3)12-20(21)24/h4-8,11-12,17-18,23-24H,9-10H2,1-3H3/t17-,18+/m0/s1. The molecule has 2 atom stereocenters. The van der Waals surface area contributed by atoms with Crippen LogP contribution in [0, 0.1) is 5.92 Å². The van der Waals surface area contributed by atoms with Crippen LogP contribution in [0.1, 0.15) is 48.5 Å². The van der Waals surface area contributed by atoms with Crippen molar-refractivity contribution in [3.05, 3.63) is 64.7 Å². The Balaban J connectivity index is 2.04. The van der Waals surface area contributed by atoms with E-state index < -0.39 is 0 Å². The summed E-state index contributed by atoms with van der Waals surface area (Å²) in [7, 11) is 1.44. The van der Waals surface area contributed by atoms with Gasteiger partial charge in [-0.2, -0.15) is 0 Å². The number of methoxy groups -OCH3 is 1. The number of rotatable bonds is 4. The minimum atomic E-state index is -0.328. The molecule has 1 aliphatic rings. The summed E-state index contributed by atoms with van der Waals surface area (Å²) >= 11 is 0. The zero-order chi connectivity index (χ0) is 18.8. The number of hydrogen-bond donors (Lipinski definition) is 2. The van der Waals surface area contributed by atoms with Crippen LogP contribution in [0.5, 0.6) is 17.2 Å². The fourth-order valence-electron chi connectivity index (χ4n) is 3.76. The number of allylic oxidation sites excluding steroid dienone is 2. The first-order chi connectivity index (χ1) is 12.4. The molecule has 0 saturated heterocycles. The Bertz CT molecular complexity index is 829. The first-order valence-electron chi connectivity index (χ1n) is 8.76. The van der Waals surface area contributed by atoms with Gasteiger partial charge in [-0.1, -0.05) is 41.5 Å². The van der Waals surface area contributed by atoms with Crippen LogP contribution in [0.3, 0.4) is 0 Å². The van der Waals surface area contributed by atoms with Crippen LogP contribution in [-0.4, -0.2) is 23.1 Å². The molecule has 0 amide bonds. The largest absolute Gasteiger partial charge is 0.507 e. The number of phenols is 2. The monoisotopic (exact) mass is 352 g/mol. The molecule has 1 aliphatic carbocycles. The lowest BCUT2D eigenvalue weighted by atomic mass is 9.70. The Morgan fingerprint density at radius 1 is 1.00 bits per heavy atom. The predicted octanol–water partition coefficient (Wildman–Crippen LogP) is 4.82. The summed E-state index contributed by atoms with van der Waals surface area (Å²) < 4.78 is 5.04. The van der Waals surface area contributed by atoms with Crippen LogP contribution >= 0.6 is 0 Å². The van der Waals surface area contributed by atoms with Crippen molar-refractivity contribution < 1.29 is 19.7 Å². The molecule has 0 spiro atoms. The maximum atomic E-state index is 13.3. The average Bonchev–Trinajstić information content (AvgIpc) is 2.63. The molecule has 0 radical (unpaired) electrons. The van der Waals surface area contributed by atoms with Gasteiger partial charge >= 0.3 is 0 Å². The second-order valence-corrected chi connectivity index (χ2v) is 7.00. The van der Waals surface area contributed by atoms with E-state index >= 15 is 0 Å². The number of ketones is 1. The van der Waals surface area contributed by atoms with Gasteiger partial charge in [0.1, 0.15) is 22.8 Å². The van der Waals surface area contributed by atoms with Crippen molar-refractivity contribution >= 4 is 5.78 Å². The average molecular weight is 352 g/mol. The molecule has 0 aromatic heterocycles. The topological polar surface area (TPSA) is 66.8 Å². The smallest absolute Gasteiger partial charge is 0.174 e. The fraction of sp³-hybridized carbons (Fsp3) is 0.318. The molecule has 26 heavy (non-hydrogen) atoms. The van der Waals surface area contributed by atoms with E-state index in [2.05, 4.69) is 6.92 Å². The number of benzene rings is 2. The summed E-state index contributed by atoms with van der Waals surface area (Å²) in [5, 5.41) is 20.6. The van der Waals surface area contributed by atoms with Crippen LogP contribution in [0.25, 0.3) is 0 Å². The van der Waals surface area contributed by atoms with Gasteiger partial charge in [-0.25, -0.2) is 0 Å². The molecule has 0 unspecified atom stereocenters. The van der Waals surface area contributed by atoms with Crippen LogP contribution in [0.15, 0.2) is 53.6 Å². The second kappa shape index (κ2) is 7.24. The van der Waals surface area contributed by atoms with Crippen molar-refractivity contribution in [2.75, 3.05) is 7.11 Å². The number of hydrogen-bond acceptors (Lipinski definition) is 4. The van der Waals surface area contributed by atoms with Gasteiger partial charge < -0.3 is 14.9 Å². The number of carbonyl (C=O) groups is 1. The van der Waals surface area contributed by atoms with E-state index in [-0.39, 0.29) is 34.7 Å². The van der Waals surface area contributed by atoms with Crippen molar-refractivity contribution in [1.82, 2.24) is 0 Å². The maximum Gasteiger partial charge on any atom is 0.174 e. The first kappa shape index (κ1) is 18.1. The Morgan fingerprint density at radius 2 is 1.58 bits per heavy atom. The minimum Gasteiger partial charge on any atom is -0.507 e. The highest BCUT2D eigenvalue weighted by atomic mass is 16.5. The van der Waals surface area contributed by atoms with Gasteiger partial charge in [-0.15, -0.1) is 0 Å². The molecule has 2 aromatic carbocycles. The summed E-state index contributed by atoms with van der Waals surface area (Å²) in [5.74, 6) is -0.722. The quantitative estimate of drug-likeness (QED) is 0.611. The highest BCUT2D eigenvalue weighted by Gasteiger charge is 2.36. The third-order valence-corrected chi connectivity index (χ3v) is 5.38. The molecule has 2 aromatic rings. The van der Waals surface area contributed by atoms with Gasteiger partial charge in [-0.05, 0) is 38.2 Å². The summed E-state index contributed by atoms with van der Waals surface area (Å²) in [5.41, 5.74) is 3.57. The molecule has 2 N–H and O–H groups in total. The fourth-order valence-corrected chi connectivity index (χ4v) is 3.76. The molecule has 136 valence electrons. The minimum absolute atomic E-state index is 0.0216. The van der Waals surface area contributed by atoms with E-state index in [1.54, 1.807) is 0 Å². The molecule has 0 fully saturated rings. The van der Waals surface area contributed by atoms with Crippen molar-refractivity contribution in [3.63, 3.8) is 0 Å². The highest BCUT2D eigenvalue weighted by molar-refractivity contribution is 6.03. The second-order valence-electron chi connectivity index (χ2n) is 7.00. The van der Waals surface area contributed by atoms with E-state index in [0.29, 0.717) is 12.2 Å². The predicted molar refractivity (Wildman–Crippen MR) is 101 cm³/mol. The zero-order valence-electron chi connectivity index (χ0n) is 15.3. The summed E-state index contributed by atoms with van der Waals surface area (Å²) in [6, 6.07) is 12.7. The first-order valence-corrected chi connectivity index (χ1v) is 8.76. The van der Waals surface area contributed by atoms with Crippen molar-refractivity contribution in [1.29, 1.82) is 0 Å². The molecule has 0 heterocycles. The summed E-state index contributed by atoms with van der Waals surface area (Å²) in [4.78, 5) is 13.3. The summed E-state index contributed by atoms with van der Waals surface area (Å²) in [6.45, 7) is 4.15. The van der Waals surface area contributed by atoms with Gasteiger partial charge in [0, 0.05) is 18.1 Å². The molecule has 4 nitrogen and oxygen atoms in total. The molecule has 0 aliphatic heterocycles. The van der Waals surface area contributed by atoms with Gasteiger partial charge in [-0.3, -0.25) is 4.79 Å². The Hall–Kier alpha value is -2.75. The van der Waals surface area contributed by atoms with E-state index in [1.807, 2.05) is 37.3 Å².